The molecule has 2 nitrogen and oxygen atoms in total. The SMILES string of the molecule is CCNC(Cc1ccsc1)c1cccc(C)n1. The zero-order valence-corrected chi connectivity index (χ0v) is 11.1. The lowest BCUT2D eigenvalue weighted by atomic mass is 10.0. The standard InChI is InChI=1S/C14H18N2S/c1-3-15-14(9-12-7-8-17-10-12)13-6-4-5-11(2)16-13/h4-8,10,14-15H,3,9H2,1-2H3. The first kappa shape index (κ1) is 12.3. The molecular weight excluding hydrogens is 228 g/mol. The predicted octanol–water partition coefficient (Wildman–Crippen LogP) is 3.34. The Labute approximate surface area is 107 Å². The number of hydrogen-bond donors (Lipinski definition) is 1. The molecule has 17 heavy (non-hydrogen) atoms. The summed E-state index contributed by atoms with van der Waals surface area (Å²) in [6, 6.07) is 8.72. The van der Waals surface area contributed by atoms with E-state index in [1.54, 1.807) is 11.3 Å². The minimum atomic E-state index is 0.314. The number of pyridine rings is 1. The highest BCUT2D eigenvalue weighted by molar-refractivity contribution is 7.07. The highest BCUT2D eigenvalue weighted by Crippen LogP contribution is 2.18. The molecule has 0 aromatic carbocycles. The van der Waals surface area contributed by atoms with Crippen LogP contribution in [0.5, 0.6) is 0 Å². The van der Waals surface area contributed by atoms with E-state index in [2.05, 4.69) is 46.2 Å². The molecule has 2 rings (SSSR count). The first-order chi connectivity index (χ1) is 8.29. The summed E-state index contributed by atoms with van der Waals surface area (Å²) < 4.78 is 0. The number of likely N-dealkylation sites (N-methyl/N-ethyl adjacent to an activating group) is 1. The van der Waals surface area contributed by atoms with Gasteiger partial charge in [-0.2, -0.15) is 11.3 Å². The van der Waals surface area contributed by atoms with E-state index in [0.717, 1.165) is 24.4 Å². The van der Waals surface area contributed by atoms with E-state index >= 15 is 0 Å². The number of nitrogens with one attached hydrogen (secondary N) is 1. The fourth-order valence-electron chi connectivity index (χ4n) is 1.93. The third kappa shape index (κ3) is 3.38. The van der Waals surface area contributed by atoms with Gasteiger partial charge in [0.1, 0.15) is 0 Å². The highest BCUT2D eigenvalue weighted by atomic mass is 32.1. The van der Waals surface area contributed by atoms with Gasteiger partial charge in [0.15, 0.2) is 0 Å². The lowest BCUT2D eigenvalue weighted by molar-refractivity contribution is 0.536. The van der Waals surface area contributed by atoms with E-state index in [0.29, 0.717) is 6.04 Å². The number of thiophene rings is 1. The van der Waals surface area contributed by atoms with Crippen LogP contribution >= 0.6 is 11.3 Å². The minimum Gasteiger partial charge on any atom is -0.309 e. The van der Waals surface area contributed by atoms with Gasteiger partial charge in [-0.05, 0) is 54.4 Å². The molecular formula is C14H18N2S. The van der Waals surface area contributed by atoms with E-state index in [4.69, 9.17) is 0 Å². The van der Waals surface area contributed by atoms with Crippen molar-refractivity contribution < 1.29 is 0 Å². The van der Waals surface area contributed by atoms with Gasteiger partial charge in [0.05, 0.1) is 11.7 Å². The van der Waals surface area contributed by atoms with Gasteiger partial charge in [-0.25, -0.2) is 0 Å². The maximum atomic E-state index is 4.61. The van der Waals surface area contributed by atoms with Crippen LogP contribution in [0.3, 0.4) is 0 Å². The van der Waals surface area contributed by atoms with Crippen molar-refractivity contribution in [3.63, 3.8) is 0 Å². The molecule has 1 unspecified atom stereocenters. The van der Waals surface area contributed by atoms with Crippen molar-refractivity contribution in [3.05, 3.63) is 52.0 Å². The Morgan fingerprint density at radius 1 is 1.35 bits per heavy atom. The van der Waals surface area contributed by atoms with Crippen molar-refractivity contribution in [2.24, 2.45) is 0 Å². The van der Waals surface area contributed by atoms with Crippen LogP contribution < -0.4 is 5.32 Å². The summed E-state index contributed by atoms with van der Waals surface area (Å²) in [6.45, 7) is 5.14. The molecule has 90 valence electrons. The molecule has 1 N–H and O–H groups in total. The van der Waals surface area contributed by atoms with Gasteiger partial charge in [0, 0.05) is 5.69 Å². The zero-order chi connectivity index (χ0) is 12.1. The summed E-state index contributed by atoms with van der Waals surface area (Å²) in [6.07, 6.45) is 1.01. The molecule has 0 aliphatic rings. The van der Waals surface area contributed by atoms with Gasteiger partial charge in [-0.1, -0.05) is 13.0 Å². The second-order valence-corrected chi connectivity index (χ2v) is 4.93. The van der Waals surface area contributed by atoms with Gasteiger partial charge in [0.25, 0.3) is 0 Å². The van der Waals surface area contributed by atoms with Gasteiger partial charge < -0.3 is 5.32 Å². The van der Waals surface area contributed by atoms with E-state index in [1.165, 1.54) is 5.56 Å². The largest absolute Gasteiger partial charge is 0.309 e. The maximum absolute atomic E-state index is 4.61. The number of aryl methyl sites for hydroxylation is 1. The molecule has 0 saturated heterocycles. The molecule has 0 aliphatic heterocycles. The molecule has 2 heterocycles. The number of aromatic nitrogens is 1. The Bertz CT molecular complexity index is 451. The molecule has 0 bridgehead atoms. The molecule has 0 spiro atoms. The lowest BCUT2D eigenvalue weighted by Crippen LogP contribution is -2.23. The second kappa shape index (κ2) is 5.94. The van der Waals surface area contributed by atoms with Crippen molar-refractivity contribution in [1.29, 1.82) is 0 Å². The van der Waals surface area contributed by atoms with Crippen LogP contribution in [0.1, 0.15) is 29.9 Å². The van der Waals surface area contributed by atoms with Crippen molar-refractivity contribution in [1.82, 2.24) is 10.3 Å². The van der Waals surface area contributed by atoms with Crippen molar-refractivity contribution >= 4 is 11.3 Å². The van der Waals surface area contributed by atoms with E-state index in [9.17, 15) is 0 Å². The first-order valence-corrected chi connectivity index (χ1v) is 6.92. The normalized spacial score (nSPS) is 12.6. The molecule has 1 atom stereocenters. The molecule has 0 fully saturated rings. The first-order valence-electron chi connectivity index (χ1n) is 5.97. The Kier molecular flexibility index (Phi) is 4.29. The fourth-order valence-corrected chi connectivity index (χ4v) is 2.61. The number of hydrogen-bond acceptors (Lipinski definition) is 3. The average molecular weight is 246 g/mol. The molecule has 0 radical (unpaired) electrons. The molecule has 0 aliphatic carbocycles. The molecule has 3 heteroatoms. The Hall–Kier alpha value is -1.19. The monoisotopic (exact) mass is 246 g/mol. The summed E-state index contributed by atoms with van der Waals surface area (Å²) in [5.41, 5.74) is 3.60. The predicted molar refractivity (Wildman–Crippen MR) is 73.4 cm³/mol. The van der Waals surface area contributed by atoms with Crippen LogP contribution in [0.15, 0.2) is 35.0 Å². The van der Waals surface area contributed by atoms with Gasteiger partial charge in [0.2, 0.25) is 0 Å². The van der Waals surface area contributed by atoms with E-state index in [-0.39, 0.29) is 0 Å². The minimum absolute atomic E-state index is 0.314. The van der Waals surface area contributed by atoms with Gasteiger partial charge in [-0.3, -0.25) is 4.98 Å². The zero-order valence-electron chi connectivity index (χ0n) is 10.3. The van der Waals surface area contributed by atoms with E-state index in [1.807, 2.05) is 13.0 Å². The third-order valence-corrected chi connectivity index (χ3v) is 3.47. The second-order valence-electron chi connectivity index (χ2n) is 4.15. The number of nitrogens with zero attached hydrogens (tertiary/aromatic N) is 1. The highest BCUT2D eigenvalue weighted by Gasteiger charge is 2.12. The van der Waals surface area contributed by atoms with E-state index < -0.39 is 0 Å². The Balaban J connectivity index is 2.16. The van der Waals surface area contributed by atoms with Crippen LogP contribution in [0.4, 0.5) is 0 Å². The summed E-state index contributed by atoms with van der Waals surface area (Å²) in [4.78, 5) is 4.61. The Morgan fingerprint density at radius 3 is 2.88 bits per heavy atom. The molecule has 2 aromatic heterocycles. The van der Waals surface area contributed by atoms with Crippen LogP contribution in [0, 0.1) is 6.92 Å². The summed E-state index contributed by atoms with van der Waals surface area (Å²) in [5.74, 6) is 0. The average Bonchev–Trinajstić information content (AvgIpc) is 2.81. The Morgan fingerprint density at radius 2 is 2.24 bits per heavy atom. The topological polar surface area (TPSA) is 24.9 Å². The molecule has 0 saturated carbocycles. The van der Waals surface area contributed by atoms with Crippen LogP contribution in [0.2, 0.25) is 0 Å². The summed E-state index contributed by atoms with van der Waals surface area (Å²) in [5, 5.41) is 7.84. The summed E-state index contributed by atoms with van der Waals surface area (Å²) in [7, 11) is 0. The molecule has 0 amide bonds. The maximum Gasteiger partial charge on any atom is 0.0579 e. The van der Waals surface area contributed by atoms with Crippen LogP contribution in [-0.2, 0) is 6.42 Å². The smallest absolute Gasteiger partial charge is 0.0579 e. The molecule has 2 aromatic rings. The lowest BCUT2D eigenvalue weighted by Gasteiger charge is -2.17. The van der Waals surface area contributed by atoms with Crippen molar-refractivity contribution in [2.45, 2.75) is 26.3 Å². The summed E-state index contributed by atoms with van der Waals surface area (Å²) >= 11 is 1.75. The van der Waals surface area contributed by atoms with Crippen molar-refractivity contribution in [3.8, 4) is 0 Å². The quantitative estimate of drug-likeness (QED) is 0.875. The van der Waals surface area contributed by atoms with Gasteiger partial charge in [-0.15, -0.1) is 0 Å². The van der Waals surface area contributed by atoms with Gasteiger partial charge >= 0.3 is 0 Å². The number of rotatable bonds is 5. The van der Waals surface area contributed by atoms with Crippen molar-refractivity contribution in [2.75, 3.05) is 6.54 Å². The third-order valence-electron chi connectivity index (χ3n) is 2.74. The van der Waals surface area contributed by atoms with Crippen LogP contribution in [-0.4, -0.2) is 11.5 Å². The van der Waals surface area contributed by atoms with Crippen LogP contribution in [0.25, 0.3) is 0 Å². The fraction of sp³-hybridized carbons (Fsp3) is 0.357.